The molecule has 0 spiro atoms. The monoisotopic (exact) mass is 379 g/mol. The predicted molar refractivity (Wildman–Crippen MR) is 102 cm³/mol. The minimum absolute atomic E-state index is 0.224. The van der Waals surface area contributed by atoms with Crippen molar-refractivity contribution in [2.45, 2.75) is 30.6 Å². The standard InChI is InChI=1S/C18H25N3O4S/c1-21(2)17-8-6-7-14-13-15(10-11-16(14)17)26(24,25)19-12-5-3-4-9-18(22)20-23/h6-8,10-11,13,19,23H,3-5,9,12H2,1-2H3,(H,20,22). The summed E-state index contributed by atoms with van der Waals surface area (Å²) in [6.45, 7) is 0.304. The zero-order valence-electron chi connectivity index (χ0n) is 15.0. The summed E-state index contributed by atoms with van der Waals surface area (Å²) in [6.07, 6.45) is 2.13. The summed E-state index contributed by atoms with van der Waals surface area (Å²) >= 11 is 0. The lowest BCUT2D eigenvalue weighted by atomic mass is 10.1. The van der Waals surface area contributed by atoms with Crippen molar-refractivity contribution in [3.05, 3.63) is 36.4 Å². The van der Waals surface area contributed by atoms with Gasteiger partial charge in [-0.15, -0.1) is 0 Å². The van der Waals surface area contributed by atoms with Gasteiger partial charge in [0.1, 0.15) is 0 Å². The van der Waals surface area contributed by atoms with E-state index in [0.717, 1.165) is 16.5 Å². The lowest BCUT2D eigenvalue weighted by Crippen LogP contribution is -2.25. The molecule has 0 unspecified atom stereocenters. The topological polar surface area (TPSA) is 98.7 Å². The molecular formula is C18H25N3O4S. The number of nitrogens with zero attached hydrogens (tertiary/aromatic N) is 1. The van der Waals surface area contributed by atoms with Crippen LogP contribution in [0.3, 0.4) is 0 Å². The maximum absolute atomic E-state index is 12.5. The molecule has 3 N–H and O–H groups in total. The van der Waals surface area contributed by atoms with E-state index in [2.05, 4.69) is 4.72 Å². The molecule has 0 aliphatic heterocycles. The van der Waals surface area contributed by atoms with Gasteiger partial charge in [0.15, 0.2) is 0 Å². The number of rotatable bonds is 9. The molecule has 0 aromatic heterocycles. The van der Waals surface area contributed by atoms with Crippen molar-refractivity contribution in [2.24, 2.45) is 0 Å². The average Bonchev–Trinajstić information content (AvgIpc) is 2.63. The van der Waals surface area contributed by atoms with Crippen LogP contribution in [0.1, 0.15) is 25.7 Å². The summed E-state index contributed by atoms with van der Waals surface area (Å²) in [5.41, 5.74) is 2.61. The fraction of sp³-hybridized carbons (Fsp3) is 0.389. The number of benzene rings is 2. The second-order valence-electron chi connectivity index (χ2n) is 6.30. The normalized spacial score (nSPS) is 11.5. The fourth-order valence-electron chi connectivity index (χ4n) is 2.73. The van der Waals surface area contributed by atoms with Gasteiger partial charge in [0, 0.05) is 38.1 Å². The second-order valence-corrected chi connectivity index (χ2v) is 8.06. The van der Waals surface area contributed by atoms with E-state index in [-0.39, 0.29) is 11.3 Å². The number of hydrogen-bond donors (Lipinski definition) is 3. The molecule has 0 saturated heterocycles. The van der Waals surface area contributed by atoms with Crippen molar-refractivity contribution in [2.75, 3.05) is 25.5 Å². The molecule has 2 aromatic carbocycles. The van der Waals surface area contributed by atoms with E-state index in [1.165, 1.54) is 0 Å². The molecule has 0 bridgehead atoms. The highest BCUT2D eigenvalue weighted by molar-refractivity contribution is 7.89. The van der Waals surface area contributed by atoms with Crippen LogP contribution in [-0.4, -0.2) is 40.2 Å². The first-order valence-corrected chi connectivity index (χ1v) is 9.96. The van der Waals surface area contributed by atoms with E-state index < -0.39 is 15.9 Å². The van der Waals surface area contributed by atoms with E-state index in [4.69, 9.17) is 5.21 Å². The Bertz CT molecular complexity index is 866. The quantitative estimate of drug-likeness (QED) is 0.353. The lowest BCUT2D eigenvalue weighted by molar-refractivity contribution is -0.129. The zero-order chi connectivity index (χ0) is 19.2. The Morgan fingerprint density at radius 2 is 1.88 bits per heavy atom. The van der Waals surface area contributed by atoms with Crippen LogP contribution in [0.25, 0.3) is 10.8 Å². The van der Waals surface area contributed by atoms with Gasteiger partial charge in [0.2, 0.25) is 15.9 Å². The Morgan fingerprint density at radius 3 is 2.58 bits per heavy atom. The number of carbonyl (C=O) groups is 1. The molecule has 2 rings (SSSR count). The molecule has 1 amide bonds. The summed E-state index contributed by atoms with van der Waals surface area (Å²) in [7, 11) is 0.323. The Labute approximate surface area is 154 Å². The maximum atomic E-state index is 12.5. The van der Waals surface area contributed by atoms with Crippen LogP contribution in [0.2, 0.25) is 0 Å². The van der Waals surface area contributed by atoms with Crippen molar-refractivity contribution >= 4 is 32.4 Å². The van der Waals surface area contributed by atoms with Gasteiger partial charge in [-0.25, -0.2) is 18.6 Å². The molecule has 0 heterocycles. The maximum Gasteiger partial charge on any atom is 0.243 e. The van der Waals surface area contributed by atoms with Gasteiger partial charge in [-0.3, -0.25) is 10.0 Å². The Kier molecular flexibility index (Phi) is 6.96. The smallest absolute Gasteiger partial charge is 0.243 e. The summed E-state index contributed by atoms with van der Waals surface area (Å²) in [5.74, 6) is -0.432. The van der Waals surface area contributed by atoms with E-state index in [1.54, 1.807) is 17.6 Å². The van der Waals surface area contributed by atoms with Gasteiger partial charge < -0.3 is 4.90 Å². The number of hydrogen-bond acceptors (Lipinski definition) is 5. The van der Waals surface area contributed by atoms with Crippen LogP contribution in [0.15, 0.2) is 41.3 Å². The van der Waals surface area contributed by atoms with Gasteiger partial charge in [-0.1, -0.05) is 24.6 Å². The van der Waals surface area contributed by atoms with Crippen LogP contribution < -0.4 is 15.1 Å². The molecule has 0 atom stereocenters. The number of amides is 1. The van der Waals surface area contributed by atoms with Crippen molar-refractivity contribution in [1.82, 2.24) is 10.2 Å². The minimum Gasteiger partial charge on any atom is -0.377 e. The van der Waals surface area contributed by atoms with Gasteiger partial charge in [-0.2, -0.15) is 0 Å². The third kappa shape index (κ3) is 5.17. The number of fused-ring (bicyclic) bond motifs is 1. The number of anilines is 1. The highest BCUT2D eigenvalue weighted by atomic mass is 32.2. The largest absolute Gasteiger partial charge is 0.377 e. The molecule has 7 nitrogen and oxygen atoms in total. The molecule has 26 heavy (non-hydrogen) atoms. The molecule has 8 heteroatoms. The summed E-state index contributed by atoms with van der Waals surface area (Å²) in [6, 6.07) is 10.9. The lowest BCUT2D eigenvalue weighted by Gasteiger charge is -2.16. The first-order valence-electron chi connectivity index (χ1n) is 8.48. The number of sulfonamides is 1. The van der Waals surface area contributed by atoms with Gasteiger partial charge >= 0.3 is 0 Å². The molecular weight excluding hydrogens is 354 g/mol. The molecule has 0 fully saturated rings. The Hall–Kier alpha value is -2.16. The van der Waals surface area contributed by atoms with Gasteiger partial charge in [-0.05, 0) is 36.4 Å². The first-order chi connectivity index (χ1) is 12.3. The van der Waals surface area contributed by atoms with E-state index in [0.29, 0.717) is 25.8 Å². The summed E-state index contributed by atoms with van der Waals surface area (Å²) in [4.78, 5) is 13.1. The van der Waals surface area contributed by atoms with Crippen molar-refractivity contribution < 1.29 is 18.4 Å². The number of nitrogens with one attached hydrogen (secondary N) is 2. The third-order valence-electron chi connectivity index (χ3n) is 4.12. The summed E-state index contributed by atoms with van der Waals surface area (Å²) in [5, 5.41) is 10.3. The van der Waals surface area contributed by atoms with Gasteiger partial charge in [0.05, 0.1) is 4.90 Å². The van der Waals surface area contributed by atoms with E-state index in [9.17, 15) is 13.2 Å². The first kappa shape index (κ1) is 20.2. The molecule has 0 radical (unpaired) electrons. The van der Waals surface area contributed by atoms with Crippen LogP contribution in [0.4, 0.5) is 5.69 Å². The van der Waals surface area contributed by atoms with Crippen molar-refractivity contribution in [3.8, 4) is 0 Å². The molecule has 0 aliphatic carbocycles. The fourth-order valence-corrected chi connectivity index (χ4v) is 3.84. The SMILES string of the molecule is CN(C)c1cccc2cc(S(=O)(=O)NCCCCCC(=O)NO)ccc12. The van der Waals surface area contributed by atoms with Crippen LogP contribution >= 0.6 is 0 Å². The predicted octanol–water partition coefficient (Wildman–Crippen LogP) is 2.25. The molecule has 0 saturated carbocycles. The summed E-state index contributed by atoms with van der Waals surface area (Å²) < 4.78 is 27.5. The number of carbonyl (C=O) groups excluding carboxylic acids is 1. The average molecular weight is 379 g/mol. The van der Waals surface area contributed by atoms with E-state index in [1.807, 2.05) is 43.3 Å². The second kappa shape index (κ2) is 8.98. The van der Waals surface area contributed by atoms with E-state index >= 15 is 0 Å². The van der Waals surface area contributed by atoms with Crippen LogP contribution in [-0.2, 0) is 14.8 Å². The molecule has 142 valence electrons. The van der Waals surface area contributed by atoms with Gasteiger partial charge in [0.25, 0.3) is 0 Å². The highest BCUT2D eigenvalue weighted by Crippen LogP contribution is 2.27. The molecule has 0 aliphatic rings. The number of unbranched alkanes of at least 4 members (excludes halogenated alkanes) is 2. The minimum atomic E-state index is -3.58. The number of hydroxylamine groups is 1. The van der Waals surface area contributed by atoms with Crippen LogP contribution in [0, 0.1) is 0 Å². The Balaban J connectivity index is 1.99. The van der Waals surface area contributed by atoms with Crippen molar-refractivity contribution in [1.29, 1.82) is 0 Å². The molecule has 2 aromatic rings. The van der Waals surface area contributed by atoms with Crippen LogP contribution in [0.5, 0.6) is 0 Å². The zero-order valence-corrected chi connectivity index (χ0v) is 15.8. The van der Waals surface area contributed by atoms with Crippen molar-refractivity contribution in [3.63, 3.8) is 0 Å². The Morgan fingerprint density at radius 1 is 1.12 bits per heavy atom. The highest BCUT2D eigenvalue weighted by Gasteiger charge is 2.14. The third-order valence-corrected chi connectivity index (χ3v) is 5.58.